The average Bonchev–Trinajstić information content (AvgIpc) is 2.56. The molecule has 0 saturated heterocycles. The van der Waals surface area contributed by atoms with Crippen molar-refractivity contribution in [1.29, 1.82) is 0 Å². The molecule has 1 atom stereocenters. The van der Waals surface area contributed by atoms with Crippen LogP contribution in [0.25, 0.3) is 0 Å². The fraction of sp³-hybridized carbons (Fsp3) is 0.222. The summed E-state index contributed by atoms with van der Waals surface area (Å²) in [5, 5.41) is 2.80. The minimum absolute atomic E-state index is 0.131. The quantitative estimate of drug-likeness (QED) is 0.787. The molecule has 0 fully saturated rings. The number of hydrogen-bond donors (Lipinski definition) is 1. The van der Waals surface area contributed by atoms with Crippen molar-refractivity contribution in [2.24, 2.45) is 0 Å². The first kappa shape index (κ1) is 17.2. The Balaban J connectivity index is 1.75. The average molecular weight is 376 g/mol. The molecule has 0 bridgehead atoms. The van der Waals surface area contributed by atoms with E-state index in [4.69, 9.17) is 4.74 Å². The third kappa shape index (κ3) is 5.87. The van der Waals surface area contributed by atoms with E-state index in [-0.39, 0.29) is 25.0 Å². The summed E-state index contributed by atoms with van der Waals surface area (Å²) in [7, 11) is 0. The first-order valence-corrected chi connectivity index (χ1v) is 8.08. The van der Waals surface area contributed by atoms with Gasteiger partial charge in [0.05, 0.1) is 12.5 Å². The van der Waals surface area contributed by atoms with Crippen molar-refractivity contribution in [2.45, 2.75) is 19.4 Å². The molecule has 2 rings (SSSR count). The van der Waals surface area contributed by atoms with Crippen LogP contribution in [0.2, 0.25) is 0 Å². The van der Waals surface area contributed by atoms with Crippen molar-refractivity contribution in [2.75, 3.05) is 6.61 Å². The Morgan fingerprint density at radius 1 is 1.09 bits per heavy atom. The molecule has 23 heavy (non-hydrogen) atoms. The molecule has 0 aliphatic rings. The lowest BCUT2D eigenvalue weighted by Crippen LogP contribution is -2.31. The third-order valence-corrected chi connectivity index (χ3v) is 3.83. The van der Waals surface area contributed by atoms with Gasteiger partial charge in [0.1, 0.15) is 0 Å². The molecule has 0 aliphatic heterocycles. The van der Waals surface area contributed by atoms with E-state index >= 15 is 0 Å². The molecule has 0 aliphatic carbocycles. The van der Waals surface area contributed by atoms with E-state index in [1.807, 2.05) is 61.5 Å². The van der Waals surface area contributed by atoms with Gasteiger partial charge in [-0.3, -0.25) is 9.59 Å². The van der Waals surface area contributed by atoms with Crippen LogP contribution in [0.1, 0.15) is 24.1 Å². The van der Waals surface area contributed by atoms with Crippen LogP contribution in [-0.2, 0) is 20.7 Å². The van der Waals surface area contributed by atoms with Crippen LogP contribution in [0.15, 0.2) is 59.1 Å². The Morgan fingerprint density at radius 3 is 2.39 bits per heavy atom. The van der Waals surface area contributed by atoms with Crippen molar-refractivity contribution in [3.05, 3.63) is 70.2 Å². The topological polar surface area (TPSA) is 55.4 Å². The molecular formula is C18H18BrNO3. The van der Waals surface area contributed by atoms with Gasteiger partial charge in [-0.15, -0.1) is 0 Å². The van der Waals surface area contributed by atoms with Gasteiger partial charge in [0, 0.05) is 4.47 Å². The number of hydrogen-bond acceptors (Lipinski definition) is 3. The second kappa shape index (κ2) is 8.48. The molecule has 0 heterocycles. The van der Waals surface area contributed by atoms with E-state index < -0.39 is 5.97 Å². The highest BCUT2D eigenvalue weighted by atomic mass is 79.9. The molecule has 0 saturated carbocycles. The Kier molecular flexibility index (Phi) is 6.35. The number of rotatable bonds is 6. The van der Waals surface area contributed by atoms with Crippen molar-refractivity contribution in [3.8, 4) is 0 Å². The molecule has 1 amide bonds. The lowest BCUT2D eigenvalue weighted by Gasteiger charge is -2.14. The lowest BCUT2D eigenvalue weighted by atomic mass is 10.1. The molecule has 4 nitrogen and oxygen atoms in total. The van der Waals surface area contributed by atoms with E-state index in [9.17, 15) is 9.59 Å². The smallest absolute Gasteiger partial charge is 0.310 e. The normalized spacial score (nSPS) is 11.6. The predicted octanol–water partition coefficient (Wildman–Crippen LogP) is 3.41. The number of nitrogens with one attached hydrogen (secondary N) is 1. The standard InChI is InChI=1S/C18H18BrNO3/c1-13(15-5-3-2-4-6-15)20-17(21)12-23-18(22)11-14-7-9-16(19)10-8-14/h2-10,13H,11-12H2,1H3,(H,20,21)/t13-/m1/s1. The molecule has 0 aromatic heterocycles. The molecule has 2 aromatic carbocycles. The highest BCUT2D eigenvalue weighted by Gasteiger charge is 2.12. The van der Waals surface area contributed by atoms with Gasteiger partial charge in [0.25, 0.3) is 5.91 Å². The summed E-state index contributed by atoms with van der Waals surface area (Å²) in [6.45, 7) is 1.61. The van der Waals surface area contributed by atoms with E-state index in [1.54, 1.807) is 0 Å². The van der Waals surface area contributed by atoms with Crippen molar-refractivity contribution in [1.82, 2.24) is 5.32 Å². The van der Waals surface area contributed by atoms with Gasteiger partial charge in [-0.2, -0.15) is 0 Å². The maximum atomic E-state index is 11.8. The van der Waals surface area contributed by atoms with Crippen LogP contribution in [0.3, 0.4) is 0 Å². The second-order valence-electron chi connectivity index (χ2n) is 5.16. The predicted molar refractivity (Wildman–Crippen MR) is 91.8 cm³/mol. The summed E-state index contributed by atoms with van der Waals surface area (Å²) in [6.07, 6.45) is 0.148. The second-order valence-corrected chi connectivity index (χ2v) is 6.08. The van der Waals surface area contributed by atoms with Gasteiger partial charge in [-0.25, -0.2) is 0 Å². The lowest BCUT2D eigenvalue weighted by molar-refractivity contribution is -0.148. The maximum absolute atomic E-state index is 11.8. The number of carbonyl (C=O) groups is 2. The first-order valence-electron chi connectivity index (χ1n) is 7.29. The van der Waals surface area contributed by atoms with Gasteiger partial charge in [0.15, 0.2) is 6.61 Å². The van der Waals surface area contributed by atoms with E-state index in [0.29, 0.717) is 0 Å². The Hall–Kier alpha value is -2.14. The number of ether oxygens (including phenoxy) is 1. The number of benzene rings is 2. The fourth-order valence-corrected chi connectivity index (χ4v) is 2.34. The zero-order valence-electron chi connectivity index (χ0n) is 12.8. The van der Waals surface area contributed by atoms with Crippen molar-refractivity contribution >= 4 is 27.8 Å². The molecule has 0 unspecified atom stereocenters. The number of esters is 1. The minimum atomic E-state index is -0.421. The molecule has 0 radical (unpaired) electrons. The van der Waals surface area contributed by atoms with Crippen molar-refractivity contribution < 1.29 is 14.3 Å². The van der Waals surface area contributed by atoms with Gasteiger partial charge in [-0.05, 0) is 30.2 Å². The Morgan fingerprint density at radius 2 is 1.74 bits per heavy atom. The van der Waals surface area contributed by atoms with Gasteiger partial charge in [-0.1, -0.05) is 58.4 Å². The van der Waals surface area contributed by atoms with E-state index in [0.717, 1.165) is 15.6 Å². The Labute approximate surface area is 144 Å². The minimum Gasteiger partial charge on any atom is -0.455 e. The SMILES string of the molecule is C[C@@H](NC(=O)COC(=O)Cc1ccc(Br)cc1)c1ccccc1. The Bertz CT molecular complexity index is 656. The largest absolute Gasteiger partial charge is 0.455 e. The summed E-state index contributed by atoms with van der Waals surface area (Å²) in [5.41, 5.74) is 1.85. The highest BCUT2D eigenvalue weighted by molar-refractivity contribution is 9.10. The van der Waals surface area contributed by atoms with Crippen LogP contribution in [-0.4, -0.2) is 18.5 Å². The zero-order chi connectivity index (χ0) is 16.7. The number of amides is 1. The van der Waals surface area contributed by atoms with Crippen LogP contribution in [0.4, 0.5) is 0 Å². The summed E-state index contributed by atoms with van der Waals surface area (Å²) >= 11 is 3.33. The number of halogens is 1. The van der Waals surface area contributed by atoms with Gasteiger partial charge in [0.2, 0.25) is 0 Å². The summed E-state index contributed by atoms with van der Waals surface area (Å²) in [5.74, 6) is -0.736. The van der Waals surface area contributed by atoms with E-state index in [1.165, 1.54) is 0 Å². The molecule has 5 heteroatoms. The first-order chi connectivity index (χ1) is 11.0. The molecule has 120 valence electrons. The summed E-state index contributed by atoms with van der Waals surface area (Å²) in [6, 6.07) is 16.9. The highest BCUT2D eigenvalue weighted by Crippen LogP contribution is 2.12. The summed E-state index contributed by atoms with van der Waals surface area (Å²) in [4.78, 5) is 23.6. The third-order valence-electron chi connectivity index (χ3n) is 3.30. The number of carbonyl (C=O) groups excluding carboxylic acids is 2. The van der Waals surface area contributed by atoms with E-state index in [2.05, 4.69) is 21.2 Å². The summed E-state index contributed by atoms with van der Waals surface area (Å²) < 4.78 is 5.96. The monoisotopic (exact) mass is 375 g/mol. The fourth-order valence-electron chi connectivity index (χ4n) is 2.07. The maximum Gasteiger partial charge on any atom is 0.310 e. The molecule has 0 spiro atoms. The van der Waals surface area contributed by atoms with Crippen LogP contribution in [0.5, 0.6) is 0 Å². The molecular weight excluding hydrogens is 358 g/mol. The van der Waals surface area contributed by atoms with Crippen LogP contribution in [0, 0.1) is 0 Å². The van der Waals surface area contributed by atoms with Crippen molar-refractivity contribution in [3.63, 3.8) is 0 Å². The van der Waals surface area contributed by atoms with Crippen LogP contribution >= 0.6 is 15.9 Å². The molecule has 2 aromatic rings. The van der Waals surface area contributed by atoms with Gasteiger partial charge >= 0.3 is 5.97 Å². The molecule has 1 N–H and O–H groups in total. The van der Waals surface area contributed by atoms with Crippen LogP contribution < -0.4 is 5.32 Å². The van der Waals surface area contributed by atoms with Gasteiger partial charge < -0.3 is 10.1 Å². The zero-order valence-corrected chi connectivity index (χ0v) is 14.4.